The van der Waals surface area contributed by atoms with Crippen molar-refractivity contribution in [1.29, 1.82) is 0 Å². The van der Waals surface area contributed by atoms with Gasteiger partial charge in [-0.15, -0.1) is 0 Å². The molecule has 0 fully saturated rings. The summed E-state index contributed by atoms with van der Waals surface area (Å²) in [5.74, 6) is 0. The van der Waals surface area contributed by atoms with Crippen LogP contribution in [0.4, 0.5) is 0 Å². The second kappa shape index (κ2) is 1.60. The Kier molecular flexibility index (Phi) is 0.906. The first-order valence-electron chi connectivity index (χ1n) is 1.82. The summed E-state index contributed by atoms with van der Waals surface area (Å²) in [6, 6.07) is 0. The van der Waals surface area contributed by atoms with Crippen LogP contribution in [-0.2, 0) is 0 Å². The summed E-state index contributed by atoms with van der Waals surface area (Å²) < 4.78 is 0. The van der Waals surface area contributed by atoms with Crippen molar-refractivity contribution in [2.75, 3.05) is 6.54 Å². The highest BCUT2D eigenvalue weighted by molar-refractivity contribution is 5.66. The largest absolute Gasteiger partial charge is 0.306 e. The Morgan fingerprint density at radius 1 is 1.83 bits per heavy atom. The predicted octanol–water partition coefficient (Wildman–Crippen LogP) is -0.0652. The fourth-order valence-corrected chi connectivity index (χ4v) is 0.293. The SMILES string of the molecule is [C]1=CCNN=C1. The second-order valence-corrected chi connectivity index (χ2v) is 0.991. The van der Waals surface area contributed by atoms with Crippen molar-refractivity contribution in [1.82, 2.24) is 5.43 Å². The van der Waals surface area contributed by atoms with Gasteiger partial charge in [0, 0.05) is 6.08 Å². The van der Waals surface area contributed by atoms with Crippen molar-refractivity contribution < 1.29 is 0 Å². The van der Waals surface area contributed by atoms with Crippen LogP contribution in [0.1, 0.15) is 0 Å². The Morgan fingerprint density at radius 2 is 2.83 bits per heavy atom. The number of nitrogens with one attached hydrogen (secondary N) is 1. The molecule has 1 aliphatic rings. The quantitative estimate of drug-likeness (QED) is 0.434. The molecule has 31 valence electrons. The summed E-state index contributed by atoms with van der Waals surface area (Å²) in [7, 11) is 0. The third kappa shape index (κ3) is 0.578. The summed E-state index contributed by atoms with van der Waals surface area (Å²) in [6.45, 7) is 0.816. The number of hydrogen-bond donors (Lipinski definition) is 1. The van der Waals surface area contributed by atoms with E-state index >= 15 is 0 Å². The zero-order valence-corrected chi connectivity index (χ0v) is 3.31. The normalized spacial score (nSPS) is 17.3. The van der Waals surface area contributed by atoms with Gasteiger partial charge in [0.05, 0.1) is 12.8 Å². The van der Waals surface area contributed by atoms with Crippen molar-refractivity contribution in [3.05, 3.63) is 12.2 Å². The minimum Gasteiger partial charge on any atom is -0.306 e. The van der Waals surface area contributed by atoms with Gasteiger partial charge in [-0.2, -0.15) is 5.10 Å². The van der Waals surface area contributed by atoms with E-state index in [1.54, 1.807) is 6.21 Å². The molecule has 0 aromatic carbocycles. The first kappa shape index (κ1) is 3.40. The lowest BCUT2D eigenvalue weighted by Crippen LogP contribution is -2.07. The van der Waals surface area contributed by atoms with Crippen LogP contribution in [0.15, 0.2) is 11.2 Å². The van der Waals surface area contributed by atoms with E-state index in [1.165, 1.54) is 0 Å². The first-order valence-corrected chi connectivity index (χ1v) is 1.82. The molecule has 0 aliphatic carbocycles. The number of hydrazone groups is 1. The van der Waals surface area contributed by atoms with Gasteiger partial charge in [-0.1, -0.05) is 6.08 Å². The van der Waals surface area contributed by atoms with E-state index in [9.17, 15) is 0 Å². The van der Waals surface area contributed by atoms with Crippen molar-refractivity contribution in [3.63, 3.8) is 0 Å². The molecule has 0 aromatic rings. The number of hydrogen-bond acceptors (Lipinski definition) is 2. The van der Waals surface area contributed by atoms with Crippen LogP contribution in [0.25, 0.3) is 0 Å². The van der Waals surface area contributed by atoms with Gasteiger partial charge in [-0.25, -0.2) is 0 Å². The zero-order chi connectivity index (χ0) is 4.24. The average Bonchev–Trinajstić information content (AvgIpc) is 1.72. The predicted molar refractivity (Wildman–Crippen MR) is 24.3 cm³/mol. The van der Waals surface area contributed by atoms with Crippen LogP contribution in [0.5, 0.6) is 0 Å². The van der Waals surface area contributed by atoms with E-state index in [0.29, 0.717) is 0 Å². The van der Waals surface area contributed by atoms with Gasteiger partial charge in [-0.05, 0) is 0 Å². The molecule has 6 heavy (non-hydrogen) atoms. The van der Waals surface area contributed by atoms with Crippen LogP contribution < -0.4 is 5.43 Å². The first-order chi connectivity index (χ1) is 3.00. The van der Waals surface area contributed by atoms with E-state index in [0.717, 1.165) is 6.54 Å². The third-order valence-corrected chi connectivity index (χ3v) is 0.542. The molecular weight excluding hydrogens is 76.1 g/mol. The van der Waals surface area contributed by atoms with Gasteiger partial charge in [0.1, 0.15) is 0 Å². The number of rotatable bonds is 0. The highest BCUT2D eigenvalue weighted by Crippen LogP contribution is 1.70. The molecule has 0 saturated heterocycles. The minimum absolute atomic E-state index is 0.816. The maximum absolute atomic E-state index is 3.66. The summed E-state index contributed by atoms with van der Waals surface area (Å²) in [4.78, 5) is 0. The Bertz CT molecular complexity index is 71.5. The molecule has 1 heterocycles. The van der Waals surface area contributed by atoms with Gasteiger partial charge < -0.3 is 5.43 Å². The van der Waals surface area contributed by atoms with E-state index in [2.05, 4.69) is 16.6 Å². The maximum atomic E-state index is 3.66. The molecule has 0 saturated carbocycles. The standard InChI is InChI=1S/C4H5N2/c1-2-4-6-5-3-1/h1,4-5H,3H2. The van der Waals surface area contributed by atoms with E-state index in [1.807, 2.05) is 6.08 Å². The molecular formula is C4H5N2. The molecule has 2 heteroatoms. The van der Waals surface area contributed by atoms with Gasteiger partial charge in [0.25, 0.3) is 0 Å². The molecule has 1 radical (unpaired) electrons. The Balaban J connectivity index is 2.46. The monoisotopic (exact) mass is 81.0 g/mol. The van der Waals surface area contributed by atoms with Crippen LogP contribution in [0.3, 0.4) is 0 Å². The van der Waals surface area contributed by atoms with E-state index in [-0.39, 0.29) is 0 Å². The lowest BCUT2D eigenvalue weighted by atomic mass is 10.5. The highest BCUT2D eigenvalue weighted by atomic mass is 15.3. The van der Waals surface area contributed by atoms with Crippen LogP contribution in [-0.4, -0.2) is 12.8 Å². The summed E-state index contributed by atoms with van der Waals surface area (Å²) >= 11 is 0. The Morgan fingerprint density at radius 3 is 3.00 bits per heavy atom. The molecule has 0 spiro atoms. The van der Waals surface area contributed by atoms with Crippen molar-refractivity contribution in [2.24, 2.45) is 5.10 Å². The highest BCUT2D eigenvalue weighted by Gasteiger charge is 1.75. The molecule has 1 N–H and O–H groups in total. The minimum atomic E-state index is 0.816. The third-order valence-electron chi connectivity index (χ3n) is 0.542. The maximum Gasteiger partial charge on any atom is 0.0544 e. The lowest BCUT2D eigenvalue weighted by molar-refractivity contribution is 0.821. The van der Waals surface area contributed by atoms with Crippen molar-refractivity contribution in [3.8, 4) is 0 Å². The topological polar surface area (TPSA) is 24.4 Å². The van der Waals surface area contributed by atoms with Gasteiger partial charge in [0.15, 0.2) is 0 Å². The summed E-state index contributed by atoms with van der Waals surface area (Å²) in [5, 5.41) is 3.66. The smallest absolute Gasteiger partial charge is 0.0544 e. The van der Waals surface area contributed by atoms with Crippen LogP contribution in [0.2, 0.25) is 0 Å². The fourth-order valence-electron chi connectivity index (χ4n) is 0.293. The fraction of sp³-hybridized carbons (Fsp3) is 0.250. The summed E-state index contributed by atoms with van der Waals surface area (Å²) in [5.41, 5.74) is 2.74. The molecule has 1 aliphatic heterocycles. The van der Waals surface area contributed by atoms with Crippen molar-refractivity contribution in [2.45, 2.75) is 0 Å². The molecule has 0 amide bonds. The zero-order valence-electron chi connectivity index (χ0n) is 3.31. The number of allylic oxidation sites excluding steroid dienone is 1. The average molecular weight is 81.1 g/mol. The van der Waals surface area contributed by atoms with Gasteiger partial charge >= 0.3 is 0 Å². The van der Waals surface area contributed by atoms with E-state index < -0.39 is 0 Å². The second-order valence-electron chi connectivity index (χ2n) is 0.991. The molecule has 0 aromatic heterocycles. The van der Waals surface area contributed by atoms with Gasteiger partial charge in [-0.3, -0.25) is 0 Å². The molecule has 0 unspecified atom stereocenters. The molecule has 1 rings (SSSR count). The molecule has 0 atom stereocenters. The van der Waals surface area contributed by atoms with Crippen LogP contribution >= 0.6 is 0 Å². The van der Waals surface area contributed by atoms with Crippen LogP contribution in [0, 0.1) is 6.08 Å². The van der Waals surface area contributed by atoms with Gasteiger partial charge in [0.2, 0.25) is 0 Å². The Labute approximate surface area is 36.6 Å². The summed E-state index contributed by atoms with van der Waals surface area (Å²) in [6.07, 6.45) is 6.29. The van der Waals surface area contributed by atoms with E-state index in [4.69, 9.17) is 0 Å². The van der Waals surface area contributed by atoms with Crippen molar-refractivity contribution >= 4 is 6.21 Å². The molecule has 0 bridgehead atoms. The number of nitrogens with zero attached hydrogens (tertiary/aromatic N) is 1. The lowest BCUT2D eigenvalue weighted by Gasteiger charge is -1.93. The molecule has 2 nitrogen and oxygen atoms in total. The Hall–Kier alpha value is -0.790.